The molecule has 23 heavy (non-hydrogen) atoms. The predicted octanol–water partition coefficient (Wildman–Crippen LogP) is 1.87. The lowest BCUT2D eigenvalue weighted by atomic mass is 10.1. The molecule has 128 valence electrons. The molecule has 4 N–H and O–H groups in total. The van der Waals surface area contributed by atoms with Crippen LogP contribution in [0.1, 0.15) is 27.7 Å². The Bertz CT molecular complexity index is 555. The number of para-hydroxylation sites is 2. The van der Waals surface area contributed by atoms with Gasteiger partial charge in [-0.25, -0.2) is 4.79 Å². The third-order valence-corrected chi connectivity index (χ3v) is 2.97. The maximum absolute atomic E-state index is 11.8. The fourth-order valence-corrected chi connectivity index (χ4v) is 1.95. The van der Waals surface area contributed by atoms with E-state index in [1.807, 2.05) is 6.07 Å². The highest BCUT2D eigenvalue weighted by Crippen LogP contribution is 2.24. The monoisotopic (exact) mass is 323 g/mol. The van der Waals surface area contributed by atoms with Crippen LogP contribution in [-0.4, -0.2) is 36.8 Å². The predicted molar refractivity (Wildman–Crippen MR) is 88.4 cm³/mol. The molecule has 0 aromatic heterocycles. The Morgan fingerprint density at radius 1 is 1.22 bits per heavy atom. The van der Waals surface area contributed by atoms with Crippen LogP contribution in [-0.2, 0) is 9.53 Å². The summed E-state index contributed by atoms with van der Waals surface area (Å²) in [6, 6.07) is 5.73. The number of amides is 2. The summed E-state index contributed by atoms with van der Waals surface area (Å²) in [4.78, 5) is 23.6. The van der Waals surface area contributed by atoms with E-state index in [2.05, 4.69) is 10.6 Å². The van der Waals surface area contributed by atoms with Crippen LogP contribution in [0.5, 0.6) is 5.75 Å². The van der Waals surface area contributed by atoms with Gasteiger partial charge in [0.25, 0.3) is 0 Å². The Kier molecular flexibility index (Phi) is 6.24. The van der Waals surface area contributed by atoms with Crippen LogP contribution in [0.2, 0.25) is 0 Å². The number of carbonyl (C=O) groups is 2. The van der Waals surface area contributed by atoms with Crippen LogP contribution in [0.15, 0.2) is 24.3 Å². The van der Waals surface area contributed by atoms with Gasteiger partial charge in [-0.3, -0.25) is 4.79 Å². The first-order valence-electron chi connectivity index (χ1n) is 7.32. The van der Waals surface area contributed by atoms with Crippen molar-refractivity contribution in [2.45, 2.75) is 45.4 Å². The quantitative estimate of drug-likeness (QED) is 0.741. The van der Waals surface area contributed by atoms with Crippen LogP contribution < -0.4 is 21.1 Å². The van der Waals surface area contributed by atoms with Gasteiger partial charge < -0.3 is 25.8 Å². The molecule has 0 heterocycles. The number of alkyl carbamates (subject to hydrolysis) is 1. The Hall–Kier alpha value is -2.44. The van der Waals surface area contributed by atoms with E-state index < -0.39 is 29.7 Å². The van der Waals surface area contributed by atoms with Gasteiger partial charge in [0.05, 0.1) is 18.8 Å². The number of nitrogens with one attached hydrogen (secondary N) is 2. The van der Waals surface area contributed by atoms with Gasteiger partial charge in [0.15, 0.2) is 0 Å². The van der Waals surface area contributed by atoms with E-state index in [0.717, 1.165) is 0 Å². The second-order valence-corrected chi connectivity index (χ2v) is 6.16. The zero-order valence-electron chi connectivity index (χ0n) is 14.2. The van der Waals surface area contributed by atoms with Gasteiger partial charge >= 0.3 is 6.09 Å². The molecule has 0 saturated heterocycles. The van der Waals surface area contributed by atoms with Crippen LogP contribution in [0.4, 0.5) is 10.5 Å². The summed E-state index contributed by atoms with van der Waals surface area (Å²) in [5.74, 6) is -0.0253. The molecule has 0 aliphatic heterocycles. The molecule has 2 atom stereocenters. The summed E-state index contributed by atoms with van der Waals surface area (Å²) in [6.07, 6.45) is -0.613. The van der Waals surface area contributed by atoms with E-state index in [4.69, 9.17) is 15.2 Å². The van der Waals surface area contributed by atoms with Gasteiger partial charge in [-0.2, -0.15) is 0 Å². The lowest BCUT2D eigenvalue weighted by Gasteiger charge is -2.27. The standard InChI is InChI=1S/C16H25N3O4/c1-10(18-15(21)23-16(2,3)4)13(14(17)20)19-11-8-6-7-9-12(11)22-5/h6-10,13,19H,1-5H3,(H2,17,20)(H,18,21). The maximum atomic E-state index is 11.8. The van der Waals surface area contributed by atoms with Gasteiger partial charge in [-0.05, 0) is 39.8 Å². The van der Waals surface area contributed by atoms with Gasteiger partial charge in [0.1, 0.15) is 17.4 Å². The minimum atomic E-state index is -0.821. The number of ether oxygens (including phenoxy) is 2. The van der Waals surface area contributed by atoms with Crippen molar-refractivity contribution in [3.8, 4) is 5.75 Å². The SMILES string of the molecule is COc1ccccc1NC(C(N)=O)C(C)NC(=O)OC(C)(C)C. The molecule has 0 radical (unpaired) electrons. The number of carbonyl (C=O) groups excluding carboxylic acids is 2. The third-order valence-electron chi connectivity index (χ3n) is 2.97. The number of anilines is 1. The van der Waals surface area contributed by atoms with Crippen LogP contribution in [0.25, 0.3) is 0 Å². The highest BCUT2D eigenvalue weighted by atomic mass is 16.6. The number of nitrogens with two attached hydrogens (primary N) is 1. The second-order valence-electron chi connectivity index (χ2n) is 6.16. The van der Waals surface area contributed by atoms with E-state index in [9.17, 15) is 9.59 Å². The van der Waals surface area contributed by atoms with Crippen LogP contribution in [0.3, 0.4) is 0 Å². The van der Waals surface area contributed by atoms with Crippen molar-refractivity contribution in [3.05, 3.63) is 24.3 Å². The van der Waals surface area contributed by atoms with E-state index >= 15 is 0 Å². The molecule has 0 aliphatic rings. The Morgan fingerprint density at radius 2 is 1.83 bits per heavy atom. The number of methoxy groups -OCH3 is 1. The fourth-order valence-electron chi connectivity index (χ4n) is 1.95. The van der Waals surface area contributed by atoms with Crippen molar-refractivity contribution < 1.29 is 19.1 Å². The summed E-state index contributed by atoms with van der Waals surface area (Å²) < 4.78 is 10.4. The smallest absolute Gasteiger partial charge is 0.407 e. The first-order chi connectivity index (χ1) is 10.6. The summed E-state index contributed by atoms with van der Waals surface area (Å²) in [5.41, 5.74) is 5.43. The van der Waals surface area contributed by atoms with E-state index in [1.165, 1.54) is 7.11 Å². The topological polar surface area (TPSA) is 103 Å². The first kappa shape index (κ1) is 18.6. The number of rotatable bonds is 6. The molecule has 7 heteroatoms. The molecular weight excluding hydrogens is 298 g/mol. The Balaban J connectivity index is 2.82. The van der Waals surface area contributed by atoms with Gasteiger partial charge in [0.2, 0.25) is 5.91 Å². The zero-order valence-corrected chi connectivity index (χ0v) is 14.2. The van der Waals surface area contributed by atoms with Gasteiger partial charge in [-0.15, -0.1) is 0 Å². The van der Waals surface area contributed by atoms with Gasteiger partial charge in [-0.1, -0.05) is 12.1 Å². The largest absolute Gasteiger partial charge is 0.495 e. The molecule has 7 nitrogen and oxygen atoms in total. The number of hydrogen-bond acceptors (Lipinski definition) is 5. The molecule has 0 aliphatic carbocycles. The minimum Gasteiger partial charge on any atom is -0.495 e. The Morgan fingerprint density at radius 3 is 2.35 bits per heavy atom. The highest BCUT2D eigenvalue weighted by Gasteiger charge is 2.27. The van der Waals surface area contributed by atoms with Crippen LogP contribution in [0, 0.1) is 0 Å². The lowest BCUT2D eigenvalue weighted by molar-refractivity contribution is -0.119. The van der Waals surface area contributed by atoms with Crippen LogP contribution >= 0.6 is 0 Å². The average Bonchev–Trinajstić information content (AvgIpc) is 2.42. The maximum Gasteiger partial charge on any atom is 0.407 e. The van der Waals surface area contributed by atoms with E-state index in [-0.39, 0.29) is 0 Å². The fraction of sp³-hybridized carbons (Fsp3) is 0.500. The first-order valence-corrected chi connectivity index (χ1v) is 7.32. The van der Waals surface area contributed by atoms with Crippen molar-refractivity contribution in [1.29, 1.82) is 0 Å². The number of benzene rings is 1. The second kappa shape index (κ2) is 7.71. The summed E-state index contributed by atoms with van der Waals surface area (Å²) >= 11 is 0. The zero-order chi connectivity index (χ0) is 17.6. The molecule has 0 saturated carbocycles. The molecule has 0 spiro atoms. The molecule has 0 bridgehead atoms. The summed E-state index contributed by atoms with van der Waals surface area (Å²) in [6.45, 7) is 6.95. The van der Waals surface area contributed by atoms with Crippen molar-refractivity contribution in [2.75, 3.05) is 12.4 Å². The normalized spacial score (nSPS) is 13.6. The Labute approximate surface area is 136 Å². The summed E-state index contributed by atoms with van der Waals surface area (Å²) in [5, 5.41) is 5.61. The molecule has 1 aromatic rings. The number of hydrogen-bond donors (Lipinski definition) is 3. The van der Waals surface area contributed by atoms with Crippen molar-refractivity contribution in [1.82, 2.24) is 5.32 Å². The summed E-state index contributed by atoms with van der Waals surface area (Å²) in [7, 11) is 1.53. The van der Waals surface area contributed by atoms with Gasteiger partial charge in [0, 0.05) is 0 Å². The van der Waals surface area contributed by atoms with Crippen molar-refractivity contribution in [2.24, 2.45) is 5.73 Å². The van der Waals surface area contributed by atoms with E-state index in [1.54, 1.807) is 45.9 Å². The molecule has 2 unspecified atom stereocenters. The highest BCUT2D eigenvalue weighted by molar-refractivity contribution is 5.85. The molecule has 1 rings (SSSR count). The molecule has 2 amide bonds. The molecular formula is C16H25N3O4. The molecule has 1 aromatic carbocycles. The average molecular weight is 323 g/mol. The lowest BCUT2D eigenvalue weighted by Crippen LogP contribution is -2.52. The minimum absolute atomic E-state index is 0.572. The van der Waals surface area contributed by atoms with Crippen molar-refractivity contribution in [3.63, 3.8) is 0 Å². The number of primary amides is 1. The molecule has 0 fully saturated rings. The van der Waals surface area contributed by atoms with E-state index in [0.29, 0.717) is 11.4 Å². The third kappa shape index (κ3) is 6.06. The van der Waals surface area contributed by atoms with Crippen molar-refractivity contribution >= 4 is 17.7 Å².